The van der Waals surface area contributed by atoms with E-state index in [0.29, 0.717) is 91.3 Å². The summed E-state index contributed by atoms with van der Waals surface area (Å²) in [5, 5.41) is 0. The number of ketones is 3. The molecule has 0 heterocycles. The number of para-hydroxylation sites is 1. The molecule has 1 aromatic rings. The highest BCUT2D eigenvalue weighted by Gasteiger charge is 2.09. The van der Waals surface area contributed by atoms with Gasteiger partial charge in [0.2, 0.25) is 0 Å². The third-order valence-electron chi connectivity index (χ3n) is 7.68. The summed E-state index contributed by atoms with van der Waals surface area (Å²) < 4.78 is 28.8. The molecule has 76 heavy (non-hydrogen) atoms. The number of allylic oxidation sites excluding steroid dienone is 2. The third-order valence-corrected chi connectivity index (χ3v) is 7.68. The van der Waals surface area contributed by atoms with Gasteiger partial charge >= 0.3 is 29.8 Å². The molecular formula is C61H103NO14. The van der Waals surface area contributed by atoms with Crippen LogP contribution in [0.15, 0.2) is 104 Å². The van der Waals surface area contributed by atoms with Gasteiger partial charge in [-0.15, -0.1) is 0 Å². The van der Waals surface area contributed by atoms with Gasteiger partial charge < -0.3 is 34.2 Å². The molecule has 0 fully saturated rings. The molecule has 0 unspecified atom stereocenters. The van der Waals surface area contributed by atoms with Crippen molar-refractivity contribution in [2.75, 3.05) is 26.1 Å². The summed E-state index contributed by atoms with van der Waals surface area (Å²) in [5.41, 5.74) is 8.05. The number of benzene rings is 1. The van der Waals surface area contributed by atoms with Crippen LogP contribution in [0, 0.1) is 17.8 Å². The van der Waals surface area contributed by atoms with E-state index < -0.39 is 5.97 Å². The fraction of sp³-hybridized carbons (Fsp3) is 0.574. The van der Waals surface area contributed by atoms with Crippen molar-refractivity contribution in [1.29, 1.82) is 0 Å². The van der Waals surface area contributed by atoms with E-state index in [9.17, 15) is 38.4 Å². The maximum Gasteiger partial charge on any atom is 0.333 e. The minimum absolute atomic E-state index is 0.0412. The van der Waals surface area contributed by atoms with Crippen molar-refractivity contribution in [3.05, 3.63) is 104 Å². The number of anilines is 1. The number of rotatable bonds is 24. The van der Waals surface area contributed by atoms with Crippen LogP contribution in [0.25, 0.3) is 0 Å². The van der Waals surface area contributed by atoms with Gasteiger partial charge in [-0.3, -0.25) is 19.2 Å². The van der Waals surface area contributed by atoms with Crippen molar-refractivity contribution in [3.8, 4) is 0 Å². The molecule has 2 N–H and O–H groups in total. The number of esters is 5. The minimum Gasteiger partial charge on any atom is -0.463 e. The Morgan fingerprint density at radius 2 is 0.882 bits per heavy atom. The first-order valence-corrected chi connectivity index (χ1v) is 25.7. The number of methoxy groups -OCH3 is 1. The van der Waals surface area contributed by atoms with Gasteiger partial charge in [-0.25, -0.2) is 19.2 Å². The Labute approximate surface area is 460 Å². The molecule has 0 aliphatic rings. The van der Waals surface area contributed by atoms with Crippen LogP contribution in [-0.2, 0) is 66.8 Å². The summed E-state index contributed by atoms with van der Waals surface area (Å²) in [6.07, 6.45) is 6.42. The molecular weight excluding hydrogens is 971 g/mol. The van der Waals surface area contributed by atoms with Gasteiger partial charge in [-0.05, 0) is 137 Å². The summed E-state index contributed by atoms with van der Waals surface area (Å²) in [6.45, 7) is 54.5. The van der Waals surface area contributed by atoms with E-state index in [4.69, 9.17) is 29.4 Å². The van der Waals surface area contributed by atoms with Crippen molar-refractivity contribution in [1.82, 2.24) is 0 Å². The highest BCUT2D eigenvalue weighted by molar-refractivity contribution is 5.94. The summed E-state index contributed by atoms with van der Waals surface area (Å²) in [4.78, 5) is 86.5. The second-order valence-electron chi connectivity index (χ2n) is 19.4. The number of nitrogens with two attached hydrogens (primary N) is 1. The molecule has 0 aromatic heterocycles. The summed E-state index contributed by atoms with van der Waals surface area (Å²) in [5.74, 6) is 0.117. The van der Waals surface area contributed by atoms with Gasteiger partial charge in [0.15, 0.2) is 11.6 Å². The first-order valence-electron chi connectivity index (χ1n) is 25.7. The predicted octanol–water partition coefficient (Wildman–Crippen LogP) is 13.3. The zero-order chi connectivity index (χ0) is 61.1. The number of nitrogen functional groups attached to an aromatic ring is 1. The molecule has 15 nitrogen and oxygen atoms in total. The molecule has 1 rings (SSSR count). The van der Waals surface area contributed by atoms with E-state index in [0.717, 1.165) is 11.8 Å². The second-order valence-corrected chi connectivity index (χ2v) is 19.4. The first kappa shape index (κ1) is 83.8. The molecule has 15 heteroatoms. The van der Waals surface area contributed by atoms with Crippen LogP contribution in [0.2, 0.25) is 0 Å². The van der Waals surface area contributed by atoms with Gasteiger partial charge in [0.1, 0.15) is 5.78 Å². The average molecular weight is 1070 g/mol. The number of hydrogen-bond donors (Lipinski definition) is 1. The van der Waals surface area contributed by atoms with Gasteiger partial charge in [0, 0.05) is 67.7 Å². The van der Waals surface area contributed by atoms with Crippen LogP contribution in [-0.4, -0.2) is 91.9 Å². The van der Waals surface area contributed by atoms with Crippen LogP contribution < -0.4 is 5.73 Å². The number of ether oxygens (including phenoxy) is 6. The van der Waals surface area contributed by atoms with Crippen LogP contribution in [0.3, 0.4) is 0 Å². The summed E-state index contributed by atoms with van der Waals surface area (Å²) in [7, 11) is 1.70. The molecule has 0 bridgehead atoms. The highest BCUT2D eigenvalue weighted by Crippen LogP contribution is 2.06. The van der Waals surface area contributed by atoms with Crippen molar-refractivity contribution >= 4 is 52.9 Å². The maximum atomic E-state index is 11.3. The monoisotopic (exact) mass is 1070 g/mol. The molecule has 0 saturated carbocycles. The second kappa shape index (κ2) is 55.0. The Morgan fingerprint density at radius 3 is 1.11 bits per heavy atom. The molecule has 0 amide bonds. The lowest BCUT2D eigenvalue weighted by molar-refractivity contribution is -0.149. The molecule has 0 aliphatic carbocycles. The van der Waals surface area contributed by atoms with Crippen LogP contribution in [0.5, 0.6) is 0 Å². The summed E-state index contributed by atoms with van der Waals surface area (Å²) in [6, 6.07) is 9.49. The van der Waals surface area contributed by atoms with E-state index >= 15 is 0 Å². The molecule has 1 aromatic carbocycles. The fourth-order valence-electron chi connectivity index (χ4n) is 4.02. The van der Waals surface area contributed by atoms with Crippen LogP contribution in [0.4, 0.5) is 5.69 Å². The number of carbonyl (C=O) groups is 8. The number of Topliss-reactive ketones (excluding diaryl/α,β-unsaturated/α-hetero) is 2. The van der Waals surface area contributed by atoms with Crippen molar-refractivity contribution in [2.24, 2.45) is 17.8 Å². The fourth-order valence-corrected chi connectivity index (χ4v) is 4.02. The molecule has 0 saturated heterocycles. The van der Waals surface area contributed by atoms with Gasteiger partial charge in [-0.1, -0.05) is 99.2 Å². The molecule has 0 atom stereocenters. The quantitative estimate of drug-likeness (QED) is 0.0335. The molecule has 0 aliphatic heterocycles. The van der Waals surface area contributed by atoms with Gasteiger partial charge in [0.25, 0.3) is 0 Å². The van der Waals surface area contributed by atoms with Crippen molar-refractivity contribution in [3.63, 3.8) is 0 Å². The minimum atomic E-state index is -0.424. The maximum absolute atomic E-state index is 11.3. The smallest absolute Gasteiger partial charge is 0.333 e. The largest absolute Gasteiger partial charge is 0.463 e. The number of carbonyl (C=O) groups excluding carboxylic acids is 8. The molecule has 0 spiro atoms. The van der Waals surface area contributed by atoms with E-state index in [1.165, 1.54) is 6.08 Å². The normalized spacial score (nSPS) is 9.55. The van der Waals surface area contributed by atoms with E-state index in [1.54, 1.807) is 76.3 Å². The number of hydrogen-bond acceptors (Lipinski definition) is 15. The Hall–Kier alpha value is -6.22. The lowest BCUT2D eigenvalue weighted by Crippen LogP contribution is -2.13. The standard InChI is InChI=1S/C12H20O3.C11H18O4.C8H14O.C7H12O2.C7H12O.C6H7N.C6H10O2.C4H10O/c1-9(2)8-11(13)6-5-7-15-12(14)10(3)4;1-8(2)11(13)14-7-5-6-10(12)15-9(3)4;1-6(2)5-8(9)7(3)4;1-5(2)7(8)9-6(3)4;1-4-7(8)5-6(2)3;7-6-4-2-1-3-5-6;1-4-6(7)8-5(2)3;1-4(2)5-3/h9H,3,5-8H2,1-2,4H3;9H,1,5-7H2,2-4H3;6H,3,5H2,1-2,4H3;6H,1H2,2-4H3;4,6H,1,5H2,2-3H3;1-5H,7H2;4-5H,1H2,2-3H3;4H,1-3H3. The zero-order valence-electron chi connectivity index (χ0n) is 50.5. The van der Waals surface area contributed by atoms with E-state index in [1.807, 2.05) is 85.7 Å². The Bertz CT molecular complexity index is 1730. The SMILES string of the molecule is C=C(C)C(=O)CC(C)C.C=C(C)C(=O)OC(C)C.C=C(C)C(=O)OCCCC(=O)CC(C)C.C=C(C)C(=O)OCCCC(=O)OC(C)C.C=CC(=O)CC(C)C.C=CC(=O)OC(C)C.COC(C)C.Nc1ccccc1. The Balaban J connectivity index is -0.000000146. The molecule has 436 valence electrons. The highest BCUT2D eigenvalue weighted by atomic mass is 16.6. The van der Waals surface area contributed by atoms with Crippen LogP contribution >= 0.6 is 0 Å². The Kier molecular flexibility index (Phi) is 60.6. The Morgan fingerprint density at radius 1 is 0.500 bits per heavy atom. The lowest BCUT2D eigenvalue weighted by Gasteiger charge is -2.07. The lowest BCUT2D eigenvalue weighted by atomic mass is 10.0. The topological polar surface area (TPSA) is 218 Å². The summed E-state index contributed by atoms with van der Waals surface area (Å²) >= 11 is 0. The zero-order valence-corrected chi connectivity index (χ0v) is 50.5. The van der Waals surface area contributed by atoms with Crippen molar-refractivity contribution in [2.45, 2.75) is 194 Å². The van der Waals surface area contributed by atoms with Gasteiger partial charge in [-0.2, -0.15) is 0 Å². The molecule has 0 radical (unpaired) electrons. The predicted molar refractivity (Wildman–Crippen MR) is 310 cm³/mol. The van der Waals surface area contributed by atoms with E-state index in [-0.39, 0.29) is 72.6 Å². The van der Waals surface area contributed by atoms with Gasteiger partial charge in [0.05, 0.1) is 37.6 Å². The third kappa shape index (κ3) is 79.2. The van der Waals surface area contributed by atoms with E-state index in [2.05, 4.69) is 44.2 Å². The first-order chi connectivity index (χ1) is 34.9. The van der Waals surface area contributed by atoms with Crippen molar-refractivity contribution < 1.29 is 66.8 Å². The average Bonchev–Trinajstić information content (AvgIpc) is 3.29. The van der Waals surface area contributed by atoms with Crippen LogP contribution in [0.1, 0.15) is 170 Å².